The molecule has 1 aromatic heterocycles. The van der Waals surface area contributed by atoms with E-state index in [0.29, 0.717) is 35.2 Å². The third kappa shape index (κ3) is 4.20. The topological polar surface area (TPSA) is 71.4 Å². The fourth-order valence-corrected chi connectivity index (χ4v) is 4.39. The molecule has 5 rings (SSSR count). The van der Waals surface area contributed by atoms with Crippen molar-refractivity contribution in [2.45, 2.75) is 19.5 Å². The van der Waals surface area contributed by atoms with Gasteiger partial charge in [0.25, 0.3) is 11.5 Å². The van der Waals surface area contributed by atoms with Crippen LogP contribution in [0, 0.1) is 5.82 Å². The van der Waals surface area contributed by atoms with Gasteiger partial charge in [0.05, 0.1) is 11.1 Å². The SMILES string of the molecule is O=C(Cn1c(=O)cc(C(=O)N2CCc3ccccc3C2)c2ccccc21)Nc1ccc(F)cc1. The van der Waals surface area contributed by atoms with E-state index in [4.69, 9.17) is 0 Å². The summed E-state index contributed by atoms with van der Waals surface area (Å²) in [5.41, 5.74) is 3.17. The van der Waals surface area contributed by atoms with Gasteiger partial charge in [-0.15, -0.1) is 0 Å². The summed E-state index contributed by atoms with van der Waals surface area (Å²) in [4.78, 5) is 40.8. The summed E-state index contributed by atoms with van der Waals surface area (Å²) in [6.07, 6.45) is 0.764. The largest absolute Gasteiger partial charge is 0.334 e. The van der Waals surface area contributed by atoms with Crippen LogP contribution >= 0.6 is 0 Å². The van der Waals surface area contributed by atoms with Crippen LogP contribution < -0.4 is 10.9 Å². The van der Waals surface area contributed by atoms with Gasteiger partial charge in [0, 0.05) is 30.2 Å². The van der Waals surface area contributed by atoms with Crippen molar-refractivity contribution in [3.8, 4) is 0 Å². The van der Waals surface area contributed by atoms with Crippen molar-refractivity contribution in [3.63, 3.8) is 0 Å². The Kier molecular flexibility index (Phi) is 5.67. The Bertz CT molecular complexity index is 1460. The lowest BCUT2D eigenvalue weighted by molar-refractivity contribution is -0.116. The number of halogens is 1. The predicted octanol–water partition coefficient (Wildman–Crippen LogP) is 3.98. The van der Waals surface area contributed by atoms with Crippen molar-refractivity contribution in [1.82, 2.24) is 9.47 Å². The molecule has 0 bridgehead atoms. The molecular formula is C27H22FN3O3. The van der Waals surface area contributed by atoms with Crippen LogP contribution in [0.25, 0.3) is 10.9 Å². The van der Waals surface area contributed by atoms with E-state index in [9.17, 15) is 18.8 Å². The fraction of sp³-hybridized carbons (Fsp3) is 0.148. The molecule has 34 heavy (non-hydrogen) atoms. The Morgan fingerprint density at radius 2 is 1.62 bits per heavy atom. The van der Waals surface area contributed by atoms with Gasteiger partial charge in [-0.1, -0.05) is 42.5 Å². The highest BCUT2D eigenvalue weighted by molar-refractivity contribution is 6.06. The maximum absolute atomic E-state index is 13.4. The summed E-state index contributed by atoms with van der Waals surface area (Å²) in [5.74, 6) is -1.03. The van der Waals surface area contributed by atoms with Gasteiger partial charge < -0.3 is 10.2 Å². The summed E-state index contributed by atoms with van der Waals surface area (Å²) in [5, 5.41) is 3.28. The van der Waals surface area contributed by atoms with E-state index < -0.39 is 17.3 Å². The van der Waals surface area contributed by atoms with Crippen LogP contribution in [0.15, 0.2) is 83.7 Å². The van der Waals surface area contributed by atoms with Crippen LogP contribution in [0.3, 0.4) is 0 Å². The quantitative estimate of drug-likeness (QED) is 0.506. The minimum atomic E-state index is -0.436. The Hall–Kier alpha value is -4.26. The second-order valence-corrected chi connectivity index (χ2v) is 8.30. The molecule has 0 radical (unpaired) electrons. The number of carbonyl (C=O) groups excluding carboxylic acids is 2. The first-order chi connectivity index (χ1) is 16.5. The molecule has 3 aromatic carbocycles. The minimum Gasteiger partial charge on any atom is -0.334 e. The third-order valence-corrected chi connectivity index (χ3v) is 6.10. The molecule has 7 heteroatoms. The summed E-state index contributed by atoms with van der Waals surface area (Å²) in [6, 6.07) is 21.8. The van der Waals surface area contributed by atoms with E-state index in [1.807, 2.05) is 18.2 Å². The Morgan fingerprint density at radius 1 is 0.912 bits per heavy atom. The van der Waals surface area contributed by atoms with Gasteiger partial charge in [0.15, 0.2) is 0 Å². The monoisotopic (exact) mass is 455 g/mol. The molecule has 1 N–H and O–H groups in total. The number of fused-ring (bicyclic) bond motifs is 2. The second kappa shape index (κ2) is 8.94. The fourth-order valence-electron chi connectivity index (χ4n) is 4.39. The summed E-state index contributed by atoms with van der Waals surface area (Å²) in [7, 11) is 0. The molecule has 0 fully saturated rings. The molecule has 0 atom stereocenters. The van der Waals surface area contributed by atoms with Crippen LogP contribution in [0.4, 0.5) is 10.1 Å². The van der Waals surface area contributed by atoms with Gasteiger partial charge in [-0.2, -0.15) is 0 Å². The van der Waals surface area contributed by atoms with Crippen molar-refractivity contribution in [2.24, 2.45) is 0 Å². The molecule has 0 aliphatic carbocycles. The van der Waals surface area contributed by atoms with E-state index in [1.165, 1.54) is 40.5 Å². The second-order valence-electron chi connectivity index (χ2n) is 8.30. The molecule has 4 aromatic rings. The number of para-hydroxylation sites is 1. The number of carbonyl (C=O) groups is 2. The standard InChI is InChI=1S/C27H22FN3O3/c28-20-9-11-21(12-10-20)29-25(32)17-31-24-8-4-3-7-22(24)23(15-26(31)33)27(34)30-14-13-18-5-1-2-6-19(18)16-30/h1-12,15H,13-14,16-17H2,(H,29,32). The van der Waals surface area contributed by atoms with Gasteiger partial charge >= 0.3 is 0 Å². The summed E-state index contributed by atoms with van der Waals surface area (Å²) >= 11 is 0. The zero-order valence-electron chi connectivity index (χ0n) is 18.3. The number of hydrogen-bond donors (Lipinski definition) is 1. The molecule has 2 amide bonds. The number of benzene rings is 3. The maximum atomic E-state index is 13.4. The average Bonchev–Trinajstić information content (AvgIpc) is 2.86. The maximum Gasteiger partial charge on any atom is 0.255 e. The average molecular weight is 455 g/mol. The molecule has 0 spiro atoms. The lowest BCUT2D eigenvalue weighted by Crippen LogP contribution is -2.37. The molecule has 1 aliphatic heterocycles. The summed E-state index contributed by atoms with van der Waals surface area (Å²) in [6.45, 7) is 0.835. The third-order valence-electron chi connectivity index (χ3n) is 6.10. The normalized spacial score (nSPS) is 12.9. The molecule has 170 valence electrons. The zero-order chi connectivity index (χ0) is 23.7. The predicted molar refractivity (Wildman–Crippen MR) is 128 cm³/mol. The Balaban J connectivity index is 1.45. The number of aromatic nitrogens is 1. The Labute approximate surface area is 195 Å². The van der Waals surface area contributed by atoms with E-state index in [1.54, 1.807) is 29.2 Å². The number of hydrogen-bond acceptors (Lipinski definition) is 3. The van der Waals surface area contributed by atoms with Crippen molar-refractivity contribution in [2.75, 3.05) is 11.9 Å². The van der Waals surface area contributed by atoms with Crippen molar-refractivity contribution in [3.05, 3.63) is 112 Å². The highest BCUT2D eigenvalue weighted by atomic mass is 19.1. The number of pyridine rings is 1. The first kappa shape index (κ1) is 21.6. The smallest absolute Gasteiger partial charge is 0.255 e. The van der Waals surface area contributed by atoms with Crippen LogP contribution in [-0.4, -0.2) is 27.8 Å². The number of amides is 2. The molecular weight excluding hydrogens is 433 g/mol. The number of nitrogens with one attached hydrogen (secondary N) is 1. The zero-order valence-corrected chi connectivity index (χ0v) is 18.3. The van der Waals surface area contributed by atoms with Crippen molar-refractivity contribution < 1.29 is 14.0 Å². The van der Waals surface area contributed by atoms with Gasteiger partial charge in [0.2, 0.25) is 5.91 Å². The van der Waals surface area contributed by atoms with E-state index in [0.717, 1.165) is 12.0 Å². The van der Waals surface area contributed by atoms with Crippen LogP contribution in [-0.2, 0) is 24.3 Å². The number of anilines is 1. The minimum absolute atomic E-state index is 0.203. The van der Waals surface area contributed by atoms with E-state index in [-0.39, 0.29) is 12.5 Å². The molecule has 6 nitrogen and oxygen atoms in total. The molecule has 2 heterocycles. The van der Waals surface area contributed by atoms with Crippen molar-refractivity contribution >= 4 is 28.4 Å². The first-order valence-electron chi connectivity index (χ1n) is 11.0. The van der Waals surface area contributed by atoms with Crippen LogP contribution in [0.5, 0.6) is 0 Å². The first-order valence-corrected chi connectivity index (χ1v) is 11.0. The lowest BCUT2D eigenvalue weighted by Gasteiger charge is -2.29. The van der Waals surface area contributed by atoms with Crippen LogP contribution in [0.1, 0.15) is 21.5 Å². The molecule has 0 saturated heterocycles. The molecule has 1 aliphatic rings. The van der Waals surface area contributed by atoms with Gasteiger partial charge in [-0.3, -0.25) is 19.0 Å². The number of nitrogens with zero attached hydrogens (tertiary/aromatic N) is 2. The van der Waals surface area contributed by atoms with Crippen LogP contribution in [0.2, 0.25) is 0 Å². The van der Waals surface area contributed by atoms with Gasteiger partial charge in [-0.25, -0.2) is 4.39 Å². The highest BCUT2D eigenvalue weighted by Crippen LogP contribution is 2.23. The number of rotatable bonds is 4. The van der Waals surface area contributed by atoms with Gasteiger partial charge in [0.1, 0.15) is 12.4 Å². The molecule has 0 unspecified atom stereocenters. The van der Waals surface area contributed by atoms with E-state index in [2.05, 4.69) is 11.4 Å². The lowest BCUT2D eigenvalue weighted by atomic mass is 9.98. The summed E-state index contributed by atoms with van der Waals surface area (Å²) < 4.78 is 14.5. The highest BCUT2D eigenvalue weighted by Gasteiger charge is 2.24. The van der Waals surface area contributed by atoms with E-state index >= 15 is 0 Å². The molecule has 0 saturated carbocycles. The van der Waals surface area contributed by atoms with Crippen molar-refractivity contribution in [1.29, 1.82) is 0 Å². The Morgan fingerprint density at radius 3 is 2.41 bits per heavy atom. The van der Waals surface area contributed by atoms with Gasteiger partial charge in [-0.05, 0) is 47.9 Å².